The summed E-state index contributed by atoms with van der Waals surface area (Å²) >= 11 is 7.24. The molecular formula is C20H19ClN4O3S. The number of methoxy groups -OCH3 is 1. The average molecular weight is 431 g/mol. The SMILES string of the molecule is COc1ccc(/C=N/N=C2\NC(=O)C(CC(=O)Nc3ccc(C)c(Cl)c3)S2)cc1. The van der Waals surface area contributed by atoms with Crippen molar-refractivity contribution < 1.29 is 14.3 Å². The maximum Gasteiger partial charge on any atom is 0.240 e. The lowest BCUT2D eigenvalue weighted by Gasteiger charge is -2.08. The van der Waals surface area contributed by atoms with Gasteiger partial charge in [-0.2, -0.15) is 5.10 Å². The number of carbonyl (C=O) groups is 2. The molecule has 1 atom stereocenters. The van der Waals surface area contributed by atoms with Crippen molar-refractivity contribution in [2.75, 3.05) is 12.4 Å². The van der Waals surface area contributed by atoms with Gasteiger partial charge in [-0.1, -0.05) is 29.4 Å². The van der Waals surface area contributed by atoms with Gasteiger partial charge in [-0.15, -0.1) is 5.10 Å². The summed E-state index contributed by atoms with van der Waals surface area (Å²) in [5.41, 5.74) is 2.36. The van der Waals surface area contributed by atoms with Gasteiger partial charge in [-0.25, -0.2) is 0 Å². The van der Waals surface area contributed by atoms with Crippen molar-refractivity contribution in [2.45, 2.75) is 18.6 Å². The number of ether oxygens (including phenoxy) is 1. The molecule has 3 rings (SSSR count). The lowest BCUT2D eigenvalue weighted by atomic mass is 10.2. The zero-order valence-corrected chi connectivity index (χ0v) is 17.4. The number of amidine groups is 1. The molecule has 2 amide bonds. The molecule has 9 heteroatoms. The highest BCUT2D eigenvalue weighted by Gasteiger charge is 2.32. The van der Waals surface area contributed by atoms with Crippen LogP contribution in [0.2, 0.25) is 5.02 Å². The Hall–Kier alpha value is -2.84. The van der Waals surface area contributed by atoms with E-state index in [4.69, 9.17) is 16.3 Å². The number of amides is 2. The highest BCUT2D eigenvalue weighted by Crippen LogP contribution is 2.24. The van der Waals surface area contributed by atoms with Crippen molar-refractivity contribution >= 4 is 52.2 Å². The van der Waals surface area contributed by atoms with Crippen molar-refractivity contribution in [2.24, 2.45) is 10.2 Å². The van der Waals surface area contributed by atoms with Crippen molar-refractivity contribution in [1.29, 1.82) is 0 Å². The number of hydrogen-bond acceptors (Lipinski definition) is 6. The standard InChI is InChI=1S/C20H19ClN4O3S/c1-12-3-6-14(9-16(12)21)23-18(26)10-17-19(27)24-20(29-17)25-22-11-13-4-7-15(28-2)8-5-13/h3-9,11,17H,10H2,1-2H3,(H,23,26)(H,24,25,27)/b22-11+. The Morgan fingerprint density at radius 3 is 2.76 bits per heavy atom. The lowest BCUT2D eigenvalue weighted by Crippen LogP contribution is -2.28. The number of hydrogen-bond donors (Lipinski definition) is 2. The molecule has 1 aliphatic heterocycles. The first-order valence-electron chi connectivity index (χ1n) is 8.73. The van der Waals surface area contributed by atoms with E-state index in [1.54, 1.807) is 25.5 Å². The van der Waals surface area contributed by atoms with Crippen molar-refractivity contribution in [3.8, 4) is 5.75 Å². The minimum atomic E-state index is -0.564. The summed E-state index contributed by atoms with van der Waals surface area (Å²) in [7, 11) is 1.60. The summed E-state index contributed by atoms with van der Waals surface area (Å²) < 4.78 is 5.10. The van der Waals surface area contributed by atoms with Crippen LogP contribution in [0.25, 0.3) is 0 Å². The van der Waals surface area contributed by atoms with E-state index in [-0.39, 0.29) is 18.2 Å². The van der Waals surface area contributed by atoms with Gasteiger partial charge in [0.05, 0.1) is 13.3 Å². The van der Waals surface area contributed by atoms with E-state index in [9.17, 15) is 9.59 Å². The molecule has 0 spiro atoms. The molecule has 1 fully saturated rings. The van der Waals surface area contributed by atoms with Crippen molar-refractivity contribution in [1.82, 2.24) is 5.32 Å². The number of nitrogens with zero attached hydrogens (tertiary/aromatic N) is 2. The summed E-state index contributed by atoms with van der Waals surface area (Å²) in [4.78, 5) is 24.3. The molecule has 0 radical (unpaired) electrons. The molecule has 1 saturated heterocycles. The molecule has 2 N–H and O–H groups in total. The van der Waals surface area contributed by atoms with Crippen LogP contribution in [0.1, 0.15) is 17.5 Å². The van der Waals surface area contributed by atoms with Crippen LogP contribution < -0.4 is 15.4 Å². The smallest absolute Gasteiger partial charge is 0.240 e. The van der Waals surface area contributed by atoms with Crippen LogP contribution in [-0.2, 0) is 9.59 Å². The van der Waals surface area contributed by atoms with E-state index in [2.05, 4.69) is 20.8 Å². The molecule has 29 heavy (non-hydrogen) atoms. The monoisotopic (exact) mass is 430 g/mol. The van der Waals surface area contributed by atoms with E-state index >= 15 is 0 Å². The first-order chi connectivity index (χ1) is 13.9. The van der Waals surface area contributed by atoms with E-state index in [0.717, 1.165) is 16.9 Å². The van der Waals surface area contributed by atoms with Crippen LogP contribution in [-0.4, -0.2) is 35.6 Å². The molecule has 1 aliphatic rings. The molecule has 2 aromatic carbocycles. The predicted octanol–water partition coefficient (Wildman–Crippen LogP) is 3.61. The molecule has 1 heterocycles. The van der Waals surface area contributed by atoms with Gasteiger partial charge in [-0.3, -0.25) is 9.59 Å². The van der Waals surface area contributed by atoms with Crippen LogP contribution in [0.15, 0.2) is 52.7 Å². The summed E-state index contributed by atoms with van der Waals surface area (Å²) in [6.45, 7) is 1.88. The largest absolute Gasteiger partial charge is 0.497 e. The van der Waals surface area contributed by atoms with Gasteiger partial charge < -0.3 is 15.4 Å². The second-order valence-electron chi connectivity index (χ2n) is 6.23. The van der Waals surface area contributed by atoms with E-state index in [0.29, 0.717) is 15.9 Å². The van der Waals surface area contributed by atoms with Crippen LogP contribution in [0.4, 0.5) is 5.69 Å². The maximum atomic E-state index is 12.2. The van der Waals surface area contributed by atoms with Gasteiger partial charge in [0.25, 0.3) is 0 Å². The normalized spacial score (nSPS) is 17.6. The molecule has 0 aliphatic carbocycles. The Kier molecular flexibility index (Phi) is 6.90. The molecule has 150 valence electrons. The minimum Gasteiger partial charge on any atom is -0.497 e. The number of anilines is 1. The van der Waals surface area contributed by atoms with Crippen LogP contribution >= 0.6 is 23.4 Å². The number of nitrogens with one attached hydrogen (secondary N) is 2. The van der Waals surface area contributed by atoms with Crippen LogP contribution in [0.5, 0.6) is 5.75 Å². The van der Waals surface area contributed by atoms with Crippen molar-refractivity contribution in [3.05, 3.63) is 58.6 Å². The fourth-order valence-electron chi connectivity index (χ4n) is 2.48. The van der Waals surface area contributed by atoms with E-state index in [1.165, 1.54) is 11.8 Å². The Morgan fingerprint density at radius 1 is 1.31 bits per heavy atom. The summed E-state index contributed by atoms with van der Waals surface area (Å²) in [5.74, 6) is 0.201. The van der Waals surface area contributed by atoms with Crippen LogP contribution in [0, 0.1) is 6.92 Å². The van der Waals surface area contributed by atoms with Gasteiger partial charge in [-0.05, 0) is 54.4 Å². The highest BCUT2D eigenvalue weighted by atomic mass is 35.5. The zero-order valence-electron chi connectivity index (χ0n) is 15.8. The Bertz CT molecular complexity index is 976. The van der Waals surface area contributed by atoms with Gasteiger partial charge in [0, 0.05) is 17.1 Å². The molecule has 0 aromatic heterocycles. The quantitative estimate of drug-likeness (QED) is 0.541. The molecule has 7 nitrogen and oxygen atoms in total. The lowest BCUT2D eigenvalue weighted by molar-refractivity contribution is -0.122. The first-order valence-corrected chi connectivity index (χ1v) is 9.99. The second kappa shape index (κ2) is 9.58. The number of rotatable bonds is 6. The number of thioether (sulfide) groups is 1. The molecule has 2 aromatic rings. The summed E-state index contributed by atoms with van der Waals surface area (Å²) in [6.07, 6.45) is 1.59. The van der Waals surface area contributed by atoms with E-state index < -0.39 is 5.25 Å². The van der Waals surface area contributed by atoms with Gasteiger partial charge in [0.2, 0.25) is 11.8 Å². The Labute approximate surface area is 177 Å². The Morgan fingerprint density at radius 2 is 2.07 bits per heavy atom. The summed E-state index contributed by atoms with van der Waals surface area (Å²) in [6, 6.07) is 12.6. The fourth-order valence-corrected chi connectivity index (χ4v) is 3.58. The fraction of sp³-hybridized carbons (Fsp3) is 0.200. The number of halogens is 1. The first kappa shape index (κ1) is 20.9. The highest BCUT2D eigenvalue weighted by molar-refractivity contribution is 8.15. The topological polar surface area (TPSA) is 92.2 Å². The molecule has 1 unspecified atom stereocenters. The molecule has 0 saturated carbocycles. The van der Waals surface area contributed by atoms with Gasteiger partial charge in [0.1, 0.15) is 11.0 Å². The Balaban J connectivity index is 1.54. The van der Waals surface area contributed by atoms with E-state index in [1.807, 2.05) is 37.3 Å². The third-order valence-corrected chi connectivity index (χ3v) is 5.55. The van der Waals surface area contributed by atoms with Crippen molar-refractivity contribution in [3.63, 3.8) is 0 Å². The number of carbonyl (C=O) groups excluding carboxylic acids is 2. The average Bonchev–Trinajstić information content (AvgIpc) is 3.04. The number of benzene rings is 2. The minimum absolute atomic E-state index is 0.0171. The second-order valence-corrected chi connectivity index (χ2v) is 7.83. The zero-order chi connectivity index (χ0) is 20.8. The third kappa shape index (κ3) is 5.82. The third-order valence-electron chi connectivity index (χ3n) is 4.07. The molecular weight excluding hydrogens is 412 g/mol. The summed E-state index contributed by atoms with van der Waals surface area (Å²) in [5, 5.41) is 13.7. The van der Waals surface area contributed by atoms with Gasteiger partial charge in [0.15, 0.2) is 5.17 Å². The number of aryl methyl sites for hydroxylation is 1. The van der Waals surface area contributed by atoms with Crippen LogP contribution in [0.3, 0.4) is 0 Å². The van der Waals surface area contributed by atoms with Gasteiger partial charge >= 0.3 is 0 Å². The maximum absolute atomic E-state index is 12.2. The predicted molar refractivity (Wildman–Crippen MR) is 117 cm³/mol. The molecule has 0 bridgehead atoms.